The van der Waals surface area contributed by atoms with Crippen molar-refractivity contribution in [3.8, 4) is 0 Å². The Bertz CT molecular complexity index is 833. The molecule has 114 valence electrons. The largest absolute Gasteiger partial charge is 0.270 e. The summed E-state index contributed by atoms with van der Waals surface area (Å²) in [5.74, 6) is 0. The fraction of sp³-hybridized carbons (Fsp3) is 0. The molecule has 8 nitrogen and oxygen atoms in total. The van der Waals surface area contributed by atoms with Gasteiger partial charge in [0.25, 0.3) is 11.4 Å². The predicted octanol–water partition coefficient (Wildman–Crippen LogP) is 2.98. The van der Waals surface area contributed by atoms with Gasteiger partial charge in [-0.25, -0.2) is 8.42 Å². The molecule has 0 N–H and O–H groups in total. The van der Waals surface area contributed by atoms with Gasteiger partial charge in [0, 0.05) is 40.0 Å². The van der Waals surface area contributed by atoms with Crippen LogP contribution >= 0.6 is 10.8 Å². The van der Waals surface area contributed by atoms with Crippen LogP contribution in [0.2, 0.25) is 0 Å². The molecule has 2 aromatic carbocycles. The van der Waals surface area contributed by atoms with Crippen LogP contribution in [0, 0.1) is 20.2 Å². The van der Waals surface area contributed by atoms with E-state index in [0.717, 1.165) is 6.07 Å². The third-order valence-electron chi connectivity index (χ3n) is 2.57. The summed E-state index contributed by atoms with van der Waals surface area (Å²) < 4.78 is 24.4. The summed E-state index contributed by atoms with van der Waals surface area (Å²) in [5.41, 5.74) is -0.484. The first-order valence-corrected chi connectivity index (χ1v) is 8.54. The average Bonchev–Trinajstić information content (AvgIpc) is 2.47. The van der Waals surface area contributed by atoms with E-state index in [1.807, 2.05) is 0 Å². The zero-order chi connectivity index (χ0) is 16.3. The lowest BCUT2D eigenvalue weighted by atomic mass is 10.3. The van der Waals surface area contributed by atoms with Crippen molar-refractivity contribution in [2.24, 2.45) is 0 Å². The van der Waals surface area contributed by atoms with E-state index >= 15 is 0 Å². The summed E-state index contributed by atoms with van der Waals surface area (Å²) in [4.78, 5) is 20.0. The van der Waals surface area contributed by atoms with Crippen LogP contribution in [0.1, 0.15) is 0 Å². The van der Waals surface area contributed by atoms with E-state index < -0.39 is 18.7 Å². The molecule has 0 aliphatic carbocycles. The molecular weight excluding hydrogens is 332 g/mol. The second kappa shape index (κ2) is 6.12. The summed E-state index contributed by atoms with van der Waals surface area (Å²) in [7, 11) is -3.39. The first-order chi connectivity index (χ1) is 10.3. The van der Waals surface area contributed by atoms with Crippen molar-refractivity contribution >= 4 is 31.0 Å². The van der Waals surface area contributed by atoms with Gasteiger partial charge in [0.1, 0.15) is 0 Å². The minimum absolute atomic E-state index is 0.155. The maximum absolute atomic E-state index is 12.2. The standard InChI is InChI=1S/C12H8N2O6S2/c15-13(16)9-4-6-11(7-5-9)21-22(19,20)12-3-1-2-10(8-12)14(17)18/h1-8H. The van der Waals surface area contributed by atoms with Crippen molar-refractivity contribution in [2.45, 2.75) is 9.79 Å². The summed E-state index contributed by atoms with van der Waals surface area (Å²) >= 11 is 0. The zero-order valence-electron chi connectivity index (χ0n) is 10.8. The molecule has 0 unspecified atom stereocenters. The predicted molar refractivity (Wildman–Crippen MR) is 79.2 cm³/mol. The van der Waals surface area contributed by atoms with Crippen LogP contribution in [-0.2, 0) is 8.87 Å². The molecule has 0 spiro atoms. The SMILES string of the molecule is O=[N+]([O-])c1ccc(SS(=O)(=O)c2cccc([N+](=O)[O-])c2)cc1. The molecule has 0 bridgehead atoms. The van der Waals surface area contributed by atoms with E-state index in [2.05, 4.69) is 0 Å². The lowest BCUT2D eigenvalue weighted by Crippen LogP contribution is -1.97. The van der Waals surface area contributed by atoms with Gasteiger partial charge in [-0.2, -0.15) is 0 Å². The van der Waals surface area contributed by atoms with E-state index in [0.29, 0.717) is 10.8 Å². The summed E-state index contributed by atoms with van der Waals surface area (Å²) in [6.45, 7) is 0. The van der Waals surface area contributed by atoms with Gasteiger partial charge in [-0.05, 0) is 18.2 Å². The lowest BCUT2D eigenvalue weighted by Gasteiger charge is -2.03. The van der Waals surface area contributed by atoms with Crippen molar-refractivity contribution < 1.29 is 18.3 Å². The second-order valence-electron chi connectivity index (χ2n) is 4.04. The van der Waals surface area contributed by atoms with E-state index in [1.165, 1.54) is 42.5 Å². The van der Waals surface area contributed by atoms with Gasteiger partial charge in [0.15, 0.2) is 0 Å². The molecule has 0 saturated carbocycles. The Balaban J connectivity index is 2.29. The van der Waals surface area contributed by atoms with Crippen LogP contribution in [0.15, 0.2) is 58.3 Å². The Morgan fingerprint density at radius 2 is 1.45 bits per heavy atom. The summed E-state index contributed by atoms with van der Waals surface area (Å²) in [5, 5.41) is 21.2. The molecule has 0 amide bonds. The highest BCUT2D eigenvalue weighted by atomic mass is 33.1. The first-order valence-electron chi connectivity index (χ1n) is 5.73. The molecule has 22 heavy (non-hydrogen) atoms. The normalized spacial score (nSPS) is 11.1. The van der Waals surface area contributed by atoms with E-state index in [-0.39, 0.29) is 21.2 Å². The Morgan fingerprint density at radius 3 is 2.00 bits per heavy atom. The second-order valence-corrected chi connectivity index (χ2v) is 7.88. The Hall–Kier alpha value is -2.46. The van der Waals surface area contributed by atoms with Crippen LogP contribution in [0.3, 0.4) is 0 Å². The smallest absolute Gasteiger partial charge is 0.258 e. The Kier molecular flexibility index (Phi) is 4.43. The van der Waals surface area contributed by atoms with Crippen molar-refractivity contribution in [1.82, 2.24) is 0 Å². The number of nitrogens with zero attached hydrogens (tertiary/aromatic N) is 2. The maximum Gasteiger partial charge on any atom is 0.270 e. The first kappa shape index (κ1) is 15.9. The topological polar surface area (TPSA) is 120 Å². The van der Waals surface area contributed by atoms with Gasteiger partial charge in [0.05, 0.1) is 14.7 Å². The van der Waals surface area contributed by atoms with E-state index in [1.54, 1.807) is 0 Å². The van der Waals surface area contributed by atoms with Crippen LogP contribution in [-0.4, -0.2) is 18.3 Å². The molecule has 0 aliphatic heterocycles. The molecule has 10 heteroatoms. The molecule has 0 heterocycles. The molecule has 0 aromatic heterocycles. The molecule has 0 saturated heterocycles. The molecule has 0 aliphatic rings. The number of rotatable bonds is 5. The van der Waals surface area contributed by atoms with Crippen LogP contribution in [0.4, 0.5) is 11.4 Å². The molecule has 0 atom stereocenters. The van der Waals surface area contributed by atoms with E-state index in [4.69, 9.17) is 0 Å². The zero-order valence-corrected chi connectivity index (χ0v) is 12.4. The third kappa shape index (κ3) is 3.59. The number of benzene rings is 2. The molecule has 2 rings (SSSR count). The molecular formula is C12H8N2O6S2. The molecule has 0 radical (unpaired) electrons. The van der Waals surface area contributed by atoms with Crippen molar-refractivity contribution in [1.29, 1.82) is 0 Å². The highest BCUT2D eigenvalue weighted by Crippen LogP contribution is 2.32. The van der Waals surface area contributed by atoms with Gasteiger partial charge < -0.3 is 0 Å². The minimum Gasteiger partial charge on any atom is -0.258 e. The summed E-state index contributed by atoms with van der Waals surface area (Å²) in [6, 6.07) is 9.66. The van der Waals surface area contributed by atoms with Crippen molar-refractivity contribution in [3.05, 3.63) is 68.8 Å². The van der Waals surface area contributed by atoms with Crippen LogP contribution in [0.5, 0.6) is 0 Å². The third-order valence-corrected chi connectivity index (χ3v) is 5.90. The molecule has 0 fully saturated rings. The highest BCUT2D eigenvalue weighted by molar-refractivity contribution is 8.72. The fourth-order valence-corrected chi connectivity index (χ4v) is 4.35. The number of non-ortho nitro benzene ring substituents is 2. The van der Waals surface area contributed by atoms with Crippen LogP contribution in [0.25, 0.3) is 0 Å². The van der Waals surface area contributed by atoms with Crippen LogP contribution < -0.4 is 0 Å². The van der Waals surface area contributed by atoms with Gasteiger partial charge in [-0.1, -0.05) is 6.07 Å². The minimum atomic E-state index is -3.86. The fourth-order valence-electron chi connectivity index (χ4n) is 1.55. The van der Waals surface area contributed by atoms with Gasteiger partial charge >= 0.3 is 0 Å². The average molecular weight is 340 g/mol. The number of nitro groups is 2. The van der Waals surface area contributed by atoms with Gasteiger partial charge in [-0.15, -0.1) is 0 Å². The van der Waals surface area contributed by atoms with Gasteiger partial charge in [0.2, 0.25) is 8.87 Å². The quantitative estimate of drug-likeness (QED) is 0.466. The number of hydrogen-bond donors (Lipinski definition) is 0. The number of nitro benzene ring substituents is 2. The number of hydrogen-bond acceptors (Lipinski definition) is 7. The highest BCUT2D eigenvalue weighted by Gasteiger charge is 2.20. The Labute approximate surface area is 128 Å². The monoisotopic (exact) mass is 340 g/mol. The van der Waals surface area contributed by atoms with E-state index in [9.17, 15) is 28.6 Å². The maximum atomic E-state index is 12.2. The molecule has 2 aromatic rings. The van der Waals surface area contributed by atoms with Gasteiger partial charge in [-0.3, -0.25) is 20.2 Å². The Morgan fingerprint density at radius 1 is 0.864 bits per heavy atom. The van der Waals surface area contributed by atoms with Crippen molar-refractivity contribution in [3.63, 3.8) is 0 Å². The lowest BCUT2D eigenvalue weighted by molar-refractivity contribution is -0.385. The van der Waals surface area contributed by atoms with Crippen molar-refractivity contribution in [2.75, 3.05) is 0 Å². The summed E-state index contributed by atoms with van der Waals surface area (Å²) in [6.07, 6.45) is 0.